The molecule has 0 unspecified atom stereocenters. The number of ether oxygens (including phenoxy) is 1. The van der Waals surface area contributed by atoms with Crippen LogP contribution in [0.1, 0.15) is 51.6 Å². The summed E-state index contributed by atoms with van der Waals surface area (Å²) in [5, 5.41) is 21.8. The van der Waals surface area contributed by atoms with Gasteiger partial charge < -0.3 is 20.3 Å². The van der Waals surface area contributed by atoms with Crippen LogP contribution in [0.5, 0.6) is 17.2 Å². The van der Waals surface area contributed by atoms with Crippen LogP contribution < -0.4 is 10.1 Å². The van der Waals surface area contributed by atoms with Gasteiger partial charge in [0.25, 0.3) is 0 Å². The Morgan fingerprint density at radius 1 is 0.750 bits per heavy atom. The lowest BCUT2D eigenvalue weighted by Crippen LogP contribution is -2.26. The van der Waals surface area contributed by atoms with Crippen molar-refractivity contribution in [3.63, 3.8) is 0 Å². The van der Waals surface area contributed by atoms with Gasteiger partial charge in [0.1, 0.15) is 22.9 Å². The highest BCUT2D eigenvalue weighted by molar-refractivity contribution is 6.31. The van der Waals surface area contributed by atoms with E-state index in [0.29, 0.717) is 6.42 Å². The van der Waals surface area contributed by atoms with Crippen LogP contribution in [0, 0.1) is 34.9 Å². The van der Waals surface area contributed by atoms with Crippen LogP contribution in [0.2, 0.25) is 0 Å². The third kappa shape index (κ3) is 3.69. The summed E-state index contributed by atoms with van der Waals surface area (Å²) in [5.41, 5.74) is -6.85. The zero-order valence-corrected chi connectivity index (χ0v) is 18.2. The Morgan fingerprint density at radius 2 is 1.25 bits per heavy atom. The summed E-state index contributed by atoms with van der Waals surface area (Å²) in [6.45, 7) is 1.44. The van der Waals surface area contributed by atoms with E-state index in [4.69, 9.17) is 4.74 Å². The Balaban J connectivity index is 2.02. The van der Waals surface area contributed by atoms with Gasteiger partial charge in [0.05, 0.1) is 28.9 Å². The fraction of sp³-hybridized carbons (Fsp3) is 0.167. The molecule has 0 spiro atoms. The van der Waals surface area contributed by atoms with Crippen molar-refractivity contribution in [2.24, 2.45) is 0 Å². The highest BCUT2D eigenvalue weighted by atomic mass is 19.2. The largest absolute Gasteiger partial charge is 0.507 e. The van der Waals surface area contributed by atoms with Crippen LogP contribution in [0.15, 0.2) is 18.2 Å². The molecule has 0 radical (unpaired) electrons. The Bertz CT molecular complexity index is 1430. The number of anilines is 2. The van der Waals surface area contributed by atoms with E-state index in [-0.39, 0.29) is 19.1 Å². The van der Waals surface area contributed by atoms with Gasteiger partial charge in [0, 0.05) is 6.07 Å². The third-order valence-electron chi connectivity index (χ3n) is 5.51. The summed E-state index contributed by atoms with van der Waals surface area (Å²) in [6, 6.07) is 1.59. The molecule has 0 amide bonds. The molecule has 0 aromatic heterocycles. The average molecular weight is 511 g/mol. The minimum absolute atomic E-state index is 0.104. The number of hydrogen-bond acceptors (Lipinski definition) is 6. The highest BCUT2D eigenvalue weighted by Gasteiger charge is 2.42. The van der Waals surface area contributed by atoms with Crippen molar-refractivity contribution in [3.8, 4) is 17.2 Å². The first-order chi connectivity index (χ1) is 17.0. The van der Waals surface area contributed by atoms with Crippen LogP contribution in [0.3, 0.4) is 0 Å². The fourth-order valence-electron chi connectivity index (χ4n) is 3.76. The SMILES string of the molecule is CCCCOc1c(F)c2c(c(F)c1Nc1c(F)c(F)cc(F)c1F)C(=O)c1c(O)ccc(O)c1C2=O. The van der Waals surface area contributed by atoms with Crippen molar-refractivity contribution >= 4 is 22.9 Å². The van der Waals surface area contributed by atoms with Crippen molar-refractivity contribution in [3.05, 3.63) is 75.4 Å². The minimum Gasteiger partial charge on any atom is -0.507 e. The summed E-state index contributed by atoms with van der Waals surface area (Å²) in [6.07, 6.45) is 0.785. The molecule has 36 heavy (non-hydrogen) atoms. The number of unbranched alkanes of at least 4 members (excludes halogenated alkanes) is 1. The van der Waals surface area contributed by atoms with Crippen molar-refractivity contribution < 1.29 is 50.9 Å². The predicted octanol–water partition coefficient (Wildman–Crippen LogP) is 5.63. The number of carbonyl (C=O) groups is 2. The van der Waals surface area contributed by atoms with E-state index in [0.717, 1.165) is 12.1 Å². The molecule has 0 aliphatic heterocycles. The van der Waals surface area contributed by atoms with E-state index >= 15 is 8.78 Å². The number of hydrogen-bond donors (Lipinski definition) is 3. The Hall–Kier alpha value is -4.22. The van der Waals surface area contributed by atoms with Gasteiger partial charge in [-0.3, -0.25) is 9.59 Å². The van der Waals surface area contributed by atoms with Gasteiger partial charge in [-0.05, 0) is 18.6 Å². The summed E-state index contributed by atoms with van der Waals surface area (Å²) in [5.74, 6) is -16.7. The molecule has 4 rings (SSSR count). The zero-order valence-electron chi connectivity index (χ0n) is 18.2. The van der Waals surface area contributed by atoms with Crippen LogP contribution in [-0.4, -0.2) is 28.4 Å². The molecule has 0 heterocycles. The molecule has 188 valence electrons. The van der Waals surface area contributed by atoms with Gasteiger partial charge in [-0.2, -0.15) is 0 Å². The molecule has 6 nitrogen and oxygen atoms in total. The van der Waals surface area contributed by atoms with Gasteiger partial charge >= 0.3 is 0 Å². The Kier molecular flexibility index (Phi) is 6.29. The van der Waals surface area contributed by atoms with E-state index in [1.807, 2.05) is 0 Å². The standard InChI is InChI=1S/C24H15F6NO5/c1-2-3-6-36-24-19(30)15-14(22(34)12-10(32)4-5-11(33)13(12)23(15)35)18(29)21(24)31-20-16(27)8(25)7-9(26)17(20)28/h4-5,7,31-33H,2-3,6H2,1H3. The second kappa shape index (κ2) is 9.10. The molecular weight excluding hydrogens is 496 g/mol. The maximum Gasteiger partial charge on any atom is 0.201 e. The maximum absolute atomic E-state index is 15.7. The smallest absolute Gasteiger partial charge is 0.201 e. The van der Waals surface area contributed by atoms with Crippen molar-refractivity contribution in [1.82, 2.24) is 0 Å². The second-order valence-corrected chi connectivity index (χ2v) is 7.76. The van der Waals surface area contributed by atoms with E-state index < -0.39 is 97.3 Å². The number of benzene rings is 3. The van der Waals surface area contributed by atoms with E-state index in [1.54, 1.807) is 12.2 Å². The number of phenolic OH excluding ortho intramolecular Hbond substituents is 2. The quantitative estimate of drug-likeness (QED) is 0.134. The third-order valence-corrected chi connectivity index (χ3v) is 5.51. The first-order valence-electron chi connectivity index (χ1n) is 10.4. The lowest BCUT2D eigenvalue weighted by atomic mass is 9.82. The van der Waals surface area contributed by atoms with E-state index in [9.17, 15) is 37.4 Å². The van der Waals surface area contributed by atoms with Crippen LogP contribution >= 0.6 is 0 Å². The molecule has 0 atom stereocenters. The fourth-order valence-corrected chi connectivity index (χ4v) is 3.76. The molecule has 3 aromatic rings. The Labute approximate surface area is 198 Å². The number of halogens is 6. The van der Waals surface area contributed by atoms with Crippen molar-refractivity contribution in [2.75, 3.05) is 11.9 Å². The van der Waals surface area contributed by atoms with Gasteiger partial charge in [-0.25, -0.2) is 26.3 Å². The molecule has 12 heteroatoms. The predicted molar refractivity (Wildman–Crippen MR) is 113 cm³/mol. The van der Waals surface area contributed by atoms with Crippen molar-refractivity contribution in [2.45, 2.75) is 19.8 Å². The lowest BCUT2D eigenvalue weighted by molar-refractivity contribution is 0.0966. The molecule has 1 aliphatic carbocycles. The number of fused-ring (bicyclic) bond motifs is 2. The normalized spacial score (nSPS) is 12.4. The molecule has 3 aromatic carbocycles. The van der Waals surface area contributed by atoms with Gasteiger partial charge in [-0.15, -0.1) is 0 Å². The number of nitrogens with one attached hydrogen (secondary N) is 1. The first kappa shape index (κ1) is 24.9. The van der Waals surface area contributed by atoms with Crippen LogP contribution in [0.25, 0.3) is 0 Å². The summed E-state index contributed by atoms with van der Waals surface area (Å²) in [4.78, 5) is 26.1. The maximum atomic E-state index is 15.7. The lowest BCUT2D eigenvalue weighted by Gasteiger charge is -2.24. The van der Waals surface area contributed by atoms with Gasteiger partial charge in [0.15, 0.2) is 40.7 Å². The molecule has 0 saturated heterocycles. The topological polar surface area (TPSA) is 95.9 Å². The summed E-state index contributed by atoms with van der Waals surface area (Å²) < 4.78 is 92.6. The van der Waals surface area contributed by atoms with Gasteiger partial charge in [0.2, 0.25) is 11.6 Å². The average Bonchev–Trinajstić information content (AvgIpc) is 2.83. The first-order valence-corrected chi connectivity index (χ1v) is 10.4. The number of rotatable bonds is 6. The van der Waals surface area contributed by atoms with E-state index in [1.165, 1.54) is 0 Å². The molecule has 3 N–H and O–H groups in total. The molecule has 1 aliphatic rings. The zero-order chi connectivity index (χ0) is 26.5. The second-order valence-electron chi connectivity index (χ2n) is 7.76. The van der Waals surface area contributed by atoms with Gasteiger partial charge in [-0.1, -0.05) is 13.3 Å². The Morgan fingerprint density at radius 3 is 1.75 bits per heavy atom. The number of phenols is 2. The summed E-state index contributed by atoms with van der Waals surface area (Å²) >= 11 is 0. The van der Waals surface area contributed by atoms with Crippen molar-refractivity contribution in [1.29, 1.82) is 0 Å². The van der Waals surface area contributed by atoms with Crippen LogP contribution in [-0.2, 0) is 0 Å². The number of carbonyl (C=O) groups excluding carboxylic acids is 2. The van der Waals surface area contributed by atoms with E-state index in [2.05, 4.69) is 0 Å². The molecule has 0 fully saturated rings. The number of ketones is 2. The highest BCUT2D eigenvalue weighted by Crippen LogP contribution is 2.45. The molecule has 0 bridgehead atoms. The van der Waals surface area contributed by atoms with Crippen LogP contribution in [0.4, 0.5) is 37.7 Å². The number of aromatic hydroxyl groups is 2. The monoisotopic (exact) mass is 511 g/mol. The molecular formula is C24H15F6NO5. The summed E-state index contributed by atoms with van der Waals surface area (Å²) in [7, 11) is 0. The minimum atomic E-state index is -1.98. The molecule has 0 saturated carbocycles.